The average molecular weight is 432 g/mol. The number of aliphatic hydroxyl groups excluding tert-OH is 1. The molecule has 3 N–H and O–H groups in total. The first-order chi connectivity index (χ1) is 14.4. The van der Waals surface area contributed by atoms with Gasteiger partial charge in [-0.2, -0.15) is 15.0 Å². The lowest BCUT2D eigenvalue weighted by atomic mass is 10.1. The molecular formula is C21H26ClN5O3. The fourth-order valence-electron chi connectivity index (χ4n) is 4.91. The van der Waals surface area contributed by atoms with Crippen LogP contribution in [-0.2, 0) is 15.9 Å². The van der Waals surface area contributed by atoms with Crippen LogP contribution < -0.4 is 10.6 Å². The van der Waals surface area contributed by atoms with E-state index in [0.717, 1.165) is 12.8 Å². The predicted octanol–water partition coefficient (Wildman–Crippen LogP) is 2.94. The molecule has 8 nitrogen and oxygen atoms in total. The zero-order valence-corrected chi connectivity index (χ0v) is 17.8. The van der Waals surface area contributed by atoms with E-state index in [0.29, 0.717) is 18.3 Å². The minimum Gasteiger partial charge on any atom is -0.396 e. The Bertz CT molecular complexity index is 943. The number of nitrogens with one attached hydrogen (secondary N) is 2. The van der Waals surface area contributed by atoms with Gasteiger partial charge in [0, 0.05) is 12.5 Å². The molecule has 9 heteroatoms. The molecule has 3 aliphatic rings. The average Bonchev–Trinajstić information content (AvgIpc) is 3.33. The van der Waals surface area contributed by atoms with Crippen LogP contribution in [0.15, 0.2) is 24.3 Å². The molecule has 0 radical (unpaired) electrons. The molecule has 1 saturated carbocycles. The topological polar surface area (TPSA) is 101 Å². The largest absolute Gasteiger partial charge is 0.396 e. The van der Waals surface area contributed by atoms with Gasteiger partial charge in [-0.1, -0.05) is 24.3 Å². The van der Waals surface area contributed by atoms with Gasteiger partial charge in [-0.05, 0) is 55.8 Å². The maximum absolute atomic E-state index is 9.76. The Balaban J connectivity index is 1.33. The molecule has 5 atom stereocenters. The van der Waals surface area contributed by atoms with Gasteiger partial charge in [0.05, 0.1) is 18.2 Å². The molecule has 0 unspecified atom stereocenters. The number of fused-ring (bicyclic) bond motifs is 2. The van der Waals surface area contributed by atoms with Gasteiger partial charge in [-0.25, -0.2) is 0 Å². The molecule has 30 heavy (non-hydrogen) atoms. The lowest BCUT2D eigenvalue weighted by molar-refractivity contribution is -0.158. The highest BCUT2D eigenvalue weighted by atomic mass is 35.5. The molecule has 2 aromatic rings. The van der Waals surface area contributed by atoms with Crippen molar-refractivity contribution in [2.24, 2.45) is 5.92 Å². The summed E-state index contributed by atoms with van der Waals surface area (Å²) in [4.78, 5) is 13.1. The van der Waals surface area contributed by atoms with E-state index >= 15 is 0 Å². The zero-order valence-electron chi connectivity index (χ0n) is 17.0. The summed E-state index contributed by atoms with van der Waals surface area (Å²) in [5, 5.41) is 16.6. The first-order valence-electron chi connectivity index (χ1n) is 10.4. The van der Waals surface area contributed by atoms with Crippen LogP contribution in [0.1, 0.15) is 43.9 Å². The summed E-state index contributed by atoms with van der Waals surface area (Å²) in [7, 11) is 0. The third kappa shape index (κ3) is 3.73. The van der Waals surface area contributed by atoms with Crippen LogP contribution in [-0.4, -0.2) is 50.7 Å². The van der Waals surface area contributed by atoms with Crippen molar-refractivity contribution in [2.45, 2.75) is 63.2 Å². The summed E-state index contributed by atoms with van der Waals surface area (Å²) in [6.45, 7) is 3.82. The van der Waals surface area contributed by atoms with Crippen LogP contribution in [0, 0.1) is 5.92 Å². The number of benzene rings is 1. The van der Waals surface area contributed by atoms with Gasteiger partial charge < -0.3 is 25.2 Å². The Morgan fingerprint density at radius 3 is 2.63 bits per heavy atom. The number of aromatic nitrogens is 3. The third-order valence-electron chi connectivity index (χ3n) is 6.17. The number of anilines is 2. The minimum absolute atomic E-state index is 0.000768. The van der Waals surface area contributed by atoms with Crippen molar-refractivity contribution in [1.82, 2.24) is 15.0 Å². The monoisotopic (exact) mass is 431 g/mol. The van der Waals surface area contributed by atoms with Crippen LogP contribution in [0.3, 0.4) is 0 Å². The Labute approximate surface area is 180 Å². The van der Waals surface area contributed by atoms with Crippen molar-refractivity contribution in [2.75, 3.05) is 17.2 Å². The smallest absolute Gasteiger partial charge is 0.229 e. The Morgan fingerprint density at radius 1 is 1.10 bits per heavy atom. The van der Waals surface area contributed by atoms with E-state index in [1.165, 1.54) is 11.1 Å². The summed E-state index contributed by atoms with van der Waals surface area (Å²) in [6.07, 6.45) is 2.36. The molecule has 1 aliphatic heterocycles. The van der Waals surface area contributed by atoms with Gasteiger partial charge >= 0.3 is 0 Å². The van der Waals surface area contributed by atoms with Crippen molar-refractivity contribution >= 4 is 23.5 Å². The van der Waals surface area contributed by atoms with Crippen LogP contribution >= 0.6 is 11.6 Å². The second kappa shape index (κ2) is 7.60. The maximum atomic E-state index is 9.76. The molecule has 2 heterocycles. The molecule has 2 fully saturated rings. The van der Waals surface area contributed by atoms with Crippen LogP contribution in [0.4, 0.5) is 11.9 Å². The first kappa shape index (κ1) is 19.9. The van der Waals surface area contributed by atoms with E-state index in [9.17, 15) is 5.11 Å². The Morgan fingerprint density at radius 2 is 1.83 bits per heavy atom. The van der Waals surface area contributed by atoms with E-state index in [2.05, 4.69) is 43.8 Å². The first-order valence-corrected chi connectivity index (χ1v) is 10.8. The van der Waals surface area contributed by atoms with Crippen molar-refractivity contribution in [3.8, 4) is 0 Å². The van der Waals surface area contributed by atoms with Crippen molar-refractivity contribution in [3.63, 3.8) is 0 Å². The Hall–Kier alpha value is -2.00. The second-order valence-corrected chi connectivity index (χ2v) is 9.02. The second-order valence-electron chi connectivity index (χ2n) is 8.68. The standard InChI is InChI=1S/C21H26ClN5O3/c1-21(2)29-16-12(10-28)9-15(17(16)30-21)24-20-26-18(22)25-19(27-20)23-14-8-7-11-5-3-4-6-13(11)14/h3-6,12,14-17,28H,7-10H2,1-2H3,(H2,23,24,25,26,27)/t12-,14+,15-,16-,17+/m1/s1. The summed E-state index contributed by atoms with van der Waals surface area (Å²) < 4.78 is 12.1. The van der Waals surface area contributed by atoms with Crippen LogP contribution in [0.5, 0.6) is 0 Å². The van der Waals surface area contributed by atoms with Crippen molar-refractivity contribution < 1.29 is 14.6 Å². The lowest BCUT2D eigenvalue weighted by Gasteiger charge is -2.23. The molecule has 160 valence electrons. The fourth-order valence-corrected chi connectivity index (χ4v) is 5.07. The molecule has 0 spiro atoms. The van der Waals surface area contributed by atoms with Gasteiger partial charge in [0.1, 0.15) is 6.10 Å². The number of ether oxygens (including phenoxy) is 2. The molecule has 1 saturated heterocycles. The highest BCUT2D eigenvalue weighted by Gasteiger charge is 2.53. The quantitative estimate of drug-likeness (QED) is 0.664. The minimum atomic E-state index is -0.678. The van der Waals surface area contributed by atoms with E-state index in [1.807, 2.05) is 19.9 Å². The van der Waals surface area contributed by atoms with E-state index in [1.54, 1.807) is 0 Å². The number of rotatable bonds is 5. The highest BCUT2D eigenvalue weighted by Crippen LogP contribution is 2.42. The number of hydrogen-bond acceptors (Lipinski definition) is 8. The zero-order chi connectivity index (χ0) is 20.9. The third-order valence-corrected chi connectivity index (χ3v) is 6.34. The van der Waals surface area contributed by atoms with Gasteiger partial charge in [0.2, 0.25) is 17.2 Å². The van der Waals surface area contributed by atoms with Gasteiger partial charge in [0.15, 0.2) is 5.79 Å². The summed E-state index contributed by atoms with van der Waals surface area (Å²) >= 11 is 6.20. The van der Waals surface area contributed by atoms with Crippen molar-refractivity contribution in [3.05, 3.63) is 40.7 Å². The van der Waals surface area contributed by atoms with Crippen LogP contribution in [0.2, 0.25) is 5.28 Å². The number of hydrogen-bond donors (Lipinski definition) is 3. The Kier molecular flexibility index (Phi) is 5.05. The lowest BCUT2D eigenvalue weighted by Crippen LogP contribution is -2.35. The fraction of sp³-hybridized carbons (Fsp3) is 0.571. The van der Waals surface area contributed by atoms with E-state index in [4.69, 9.17) is 21.1 Å². The van der Waals surface area contributed by atoms with Crippen LogP contribution in [0.25, 0.3) is 0 Å². The van der Waals surface area contributed by atoms with Gasteiger partial charge in [-0.15, -0.1) is 0 Å². The van der Waals surface area contributed by atoms with Crippen molar-refractivity contribution in [1.29, 1.82) is 0 Å². The number of aryl methyl sites for hydroxylation is 1. The summed E-state index contributed by atoms with van der Waals surface area (Å²) in [6, 6.07) is 8.46. The molecule has 2 aliphatic carbocycles. The molecule has 0 amide bonds. The van der Waals surface area contributed by atoms with Gasteiger partial charge in [-0.3, -0.25) is 0 Å². The number of nitrogens with zero attached hydrogens (tertiary/aromatic N) is 3. The summed E-state index contributed by atoms with van der Waals surface area (Å²) in [5.41, 5.74) is 2.62. The SMILES string of the molecule is CC1(C)O[C@@H]2[C@@H](CO)C[C@@H](Nc3nc(Cl)nc(N[C@H]4CCc5ccccc54)n3)[C@@H]2O1. The number of aliphatic hydroxyl groups is 1. The number of halogens is 1. The van der Waals surface area contributed by atoms with E-state index < -0.39 is 5.79 Å². The van der Waals surface area contributed by atoms with E-state index in [-0.39, 0.29) is 42.1 Å². The molecule has 1 aromatic heterocycles. The molecule has 0 bridgehead atoms. The predicted molar refractivity (Wildman–Crippen MR) is 112 cm³/mol. The molecular weight excluding hydrogens is 406 g/mol. The normalized spacial score (nSPS) is 31.4. The maximum Gasteiger partial charge on any atom is 0.229 e. The molecule has 5 rings (SSSR count). The highest BCUT2D eigenvalue weighted by molar-refractivity contribution is 6.28. The summed E-state index contributed by atoms with van der Waals surface area (Å²) in [5.74, 6) is 0.151. The van der Waals surface area contributed by atoms with Gasteiger partial charge in [0.25, 0.3) is 0 Å². The molecule has 1 aromatic carbocycles.